The van der Waals surface area contributed by atoms with E-state index in [1.807, 2.05) is 45.9 Å². The zero-order chi connectivity index (χ0) is 11.6. The molecular weight excluding hydrogens is 184 g/mol. The molecule has 0 bridgehead atoms. The maximum atomic E-state index is 12.3. The van der Waals surface area contributed by atoms with E-state index in [1.165, 1.54) is 0 Å². The number of Topliss-reactive ketones (excluding diaryl/α,β-unsaturated/α-hetero) is 1. The molecule has 0 fully saturated rings. The third kappa shape index (κ3) is 2.47. The standard InChI is InChI=1S/C14H20O/c1-6-14(4,5)13(15)12-9-10(2)7-8-11(12)3/h7-9H,6H2,1-5H3. The van der Waals surface area contributed by atoms with E-state index in [9.17, 15) is 4.79 Å². The number of benzene rings is 1. The molecule has 0 saturated heterocycles. The van der Waals surface area contributed by atoms with Crippen molar-refractivity contribution in [2.75, 3.05) is 0 Å². The van der Waals surface area contributed by atoms with Gasteiger partial charge in [0.05, 0.1) is 0 Å². The second-order valence-electron chi connectivity index (χ2n) is 4.88. The van der Waals surface area contributed by atoms with E-state index >= 15 is 0 Å². The molecule has 0 radical (unpaired) electrons. The van der Waals surface area contributed by atoms with Gasteiger partial charge in [-0.2, -0.15) is 0 Å². The quantitative estimate of drug-likeness (QED) is 0.682. The minimum absolute atomic E-state index is 0.251. The second kappa shape index (κ2) is 4.18. The Kier molecular flexibility index (Phi) is 3.33. The molecule has 1 aromatic rings. The smallest absolute Gasteiger partial charge is 0.168 e. The first-order valence-electron chi connectivity index (χ1n) is 5.50. The van der Waals surface area contributed by atoms with Crippen LogP contribution in [0.1, 0.15) is 48.7 Å². The van der Waals surface area contributed by atoms with Gasteiger partial charge in [-0.15, -0.1) is 0 Å². The zero-order valence-electron chi connectivity index (χ0n) is 10.3. The maximum absolute atomic E-state index is 12.3. The van der Waals surface area contributed by atoms with Gasteiger partial charge in [0.1, 0.15) is 0 Å². The molecule has 0 amide bonds. The van der Waals surface area contributed by atoms with Crippen LogP contribution in [0.2, 0.25) is 0 Å². The van der Waals surface area contributed by atoms with Gasteiger partial charge in [-0.05, 0) is 31.9 Å². The summed E-state index contributed by atoms with van der Waals surface area (Å²) in [4.78, 5) is 12.3. The lowest BCUT2D eigenvalue weighted by Gasteiger charge is -2.22. The van der Waals surface area contributed by atoms with Crippen molar-refractivity contribution in [3.05, 3.63) is 34.9 Å². The van der Waals surface area contributed by atoms with Crippen LogP contribution in [0, 0.1) is 19.3 Å². The average molecular weight is 204 g/mol. The number of rotatable bonds is 3. The van der Waals surface area contributed by atoms with E-state index in [2.05, 4.69) is 6.92 Å². The van der Waals surface area contributed by atoms with Crippen molar-refractivity contribution >= 4 is 5.78 Å². The van der Waals surface area contributed by atoms with Crippen LogP contribution >= 0.6 is 0 Å². The minimum atomic E-state index is -0.251. The largest absolute Gasteiger partial charge is 0.294 e. The highest BCUT2D eigenvalue weighted by atomic mass is 16.1. The Labute approximate surface area is 92.5 Å². The molecule has 1 nitrogen and oxygen atoms in total. The fourth-order valence-electron chi connectivity index (χ4n) is 1.51. The molecule has 1 rings (SSSR count). The van der Waals surface area contributed by atoms with Crippen LogP contribution < -0.4 is 0 Å². The Morgan fingerprint density at radius 2 is 1.87 bits per heavy atom. The number of aryl methyl sites for hydroxylation is 2. The van der Waals surface area contributed by atoms with Gasteiger partial charge in [-0.3, -0.25) is 4.79 Å². The summed E-state index contributed by atoms with van der Waals surface area (Å²) in [5.41, 5.74) is 2.85. The normalized spacial score (nSPS) is 11.5. The first-order chi connectivity index (χ1) is 6.88. The zero-order valence-corrected chi connectivity index (χ0v) is 10.3. The Bertz CT molecular complexity index is 375. The summed E-state index contributed by atoms with van der Waals surface area (Å²) in [6.45, 7) is 10.1. The predicted molar refractivity (Wildman–Crippen MR) is 64.3 cm³/mol. The first-order valence-corrected chi connectivity index (χ1v) is 5.50. The van der Waals surface area contributed by atoms with E-state index in [1.54, 1.807) is 0 Å². The van der Waals surface area contributed by atoms with Crippen molar-refractivity contribution in [1.82, 2.24) is 0 Å². The highest BCUT2D eigenvalue weighted by Gasteiger charge is 2.27. The Morgan fingerprint density at radius 3 is 2.40 bits per heavy atom. The van der Waals surface area contributed by atoms with E-state index < -0.39 is 0 Å². The molecule has 1 aromatic carbocycles. The Hall–Kier alpha value is -1.11. The van der Waals surface area contributed by atoms with E-state index in [-0.39, 0.29) is 11.2 Å². The van der Waals surface area contributed by atoms with Crippen molar-refractivity contribution in [2.45, 2.75) is 41.0 Å². The Balaban J connectivity index is 3.17. The molecule has 0 aliphatic rings. The van der Waals surface area contributed by atoms with E-state index in [0.29, 0.717) is 0 Å². The third-order valence-corrected chi connectivity index (χ3v) is 3.14. The molecule has 82 valence electrons. The molecule has 0 unspecified atom stereocenters. The predicted octanol–water partition coefficient (Wildman–Crippen LogP) is 3.92. The molecule has 0 spiro atoms. The molecule has 0 aliphatic carbocycles. The molecule has 0 saturated carbocycles. The SMILES string of the molecule is CCC(C)(C)C(=O)c1cc(C)ccc1C. The van der Waals surface area contributed by atoms with Gasteiger partial charge >= 0.3 is 0 Å². The average Bonchev–Trinajstić information content (AvgIpc) is 2.20. The lowest BCUT2D eigenvalue weighted by molar-refractivity contribution is 0.0832. The van der Waals surface area contributed by atoms with Crippen LogP contribution in [-0.2, 0) is 0 Å². The minimum Gasteiger partial charge on any atom is -0.294 e. The first kappa shape index (κ1) is 12.0. The van der Waals surface area contributed by atoms with Gasteiger partial charge < -0.3 is 0 Å². The highest BCUT2D eigenvalue weighted by molar-refractivity contribution is 6.01. The van der Waals surface area contributed by atoms with E-state index in [0.717, 1.165) is 23.1 Å². The van der Waals surface area contributed by atoms with Crippen LogP contribution in [0.15, 0.2) is 18.2 Å². The fraction of sp³-hybridized carbons (Fsp3) is 0.500. The van der Waals surface area contributed by atoms with Crippen LogP contribution in [-0.4, -0.2) is 5.78 Å². The van der Waals surface area contributed by atoms with Crippen molar-refractivity contribution in [2.24, 2.45) is 5.41 Å². The van der Waals surface area contributed by atoms with Crippen LogP contribution in [0.25, 0.3) is 0 Å². The maximum Gasteiger partial charge on any atom is 0.168 e. The summed E-state index contributed by atoms with van der Waals surface area (Å²) in [6, 6.07) is 6.06. The van der Waals surface area contributed by atoms with E-state index in [4.69, 9.17) is 0 Å². The number of ketones is 1. The molecule has 15 heavy (non-hydrogen) atoms. The molecule has 1 heteroatoms. The van der Waals surface area contributed by atoms with Crippen LogP contribution in [0.5, 0.6) is 0 Å². The van der Waals surface area contributed by atoms with Gasteiger partial charge in [0.15, 0.2) is 5.78 Å². The van der Waals surface area contributed by atoms with Gasteiger partial charge in [0, 0.05) is 11.0 Å². The van der Waals surface area contributed by atoms with Crippen LogP contribution in [0.4, 0.5) is 0 Å². The number of carbonyl (C=O) groups is 1. The topological polar surface area (TPSA) is 17.1 Å². The Morgan fingerprint density at radius 1 is 1.27 bits per heavy atom. The molecule has 0 atom stereocenters. The summed E-state index contributed by atoms with van der Waals surface area (Å²) in [6.07, 6.45) is 0.874. The molecule has 0 aliphatic heterocycles. The van der Waals surface area contributed by atoms with Crippen molar-refractivity contribution in [3.63, 3.8) is 0 Å². The number of hydrogen-bond acceptors (Lipinski definition) is 1. The third-order valence-electron chi connectivity index (χ3n) is 3.14. The van der Waals surface area contributed by atoms with Gasteiger partial charge in [0.2, 0.25) is 0 Å². The molecule has 0 N–H and O–H groups in total. The lowest BCUT2D eigenvalue weighted by atomic mass is 9.80. The summed E-state index contributed by atoms with van der Waals surface area (Å²) in [7, 11) is 0. The van der Waals surface area contributed by atoms with Crippen molar-refractivity contribution in [3.8, 4) is 0 Å². The second-order valence-corrected chi connectivity index (χ2v) is 4.88. The summed E-state index contributed by atoms with van der Waals surface area (Å²) in [5, 5.41) is 0. The summed E-state index contributed by atoms with van der Waals surface area (Å²) in [5.74, 6) is 0.256. The van der Waals surface area contributed by atoms with Gasteiger partial charge in [0.25, 0.3) is 0 Å². The van der Waals surface area contributed by atoms with Gasteiger partial charge in [-0.1, -0.05) is 38.5 Å². The summed E-state index contributed by atoms with van der Waals surface area (Å²) < 4.78 is 0. The fourth-order valence-corrected chi connectivity index (χ4v) is 1.51. The van der Waals surface area contributed by atoms with Crippen LogP contribution in [0.3, 0.4) is 0 Å². The number of hydrogen-bond donors (Lipinski definition) is 0. The lowest BCUT2D eigenvalue weighted by Crippen LogP contribution is -2.24. The van der Waals surface area contributed by atoms with Crippen molar-refractivity contribution in [1.29, 1.82) is 0 Å². The van der Waals surface area contributed by atoms with Gasteiger partial charge in [-0.25, -0.2) is 0 Å². The monoisotopic (exact) mass is 204 g/mol. The van der Waals surface area contributed by atoms with Crippen molar-refractivity contribution < 1.29 is 4.79 Å². The summed E-state index contributed by atoms with van der Waals surface area (Å²) >= 11 is 0. The molecular formula is C14H20O. The molecule has 0 aromatic heterocycles. The highest BCUT2D eigenvalue weighted by Crippen LogP contribution is 2.27. The molecule has 0 heterocycles. The number of carbonyl (C=O) groups excluding carboxylic acids is 1.